The number of rotatable bonds is 10. The molecule has 0 aromatic carbocycles. The van der Waals surface area contributed by atoms with E-state index in [0.29, 0.717) is 0 Å². The van der Waals surface area contributed by atoms with E-state index in [1.165, 1.54) is 19.3 Å². The molecule has 0 aromatic heterocycles. The monoisotopic (exact) mass is 434 g/mol. The number of aliphatic hydroxyl groups is 1. The molecule has 0 bridgehead atoms. The Bertz CT molecular complexity index is 365. The van der Waals surface area contributed by atoms with Gasteiger partial charge in [0.1, 0.15) is 6.29 Å². The molecule has 1 saturated heterocycles. The fourth-order valence-electron chi connectivity index (χ4n) is 2.23. The van der Waals surface area contributed by atoms with E-state index in [0.717, 1.165) is 58.0 Å². The summed E-state index contributed by atoms with van der Waals surface area (Å²) in [5, 5.41) is 9.79. The van der Waals surface area contributed by atoms with Gasteiger partial charge >= 0.3 is 18.9 Å². The second-order valence-corrected chi connectivity index (χ2v) is 8.91. The van der Waals surface area contributed by atoms with Gasteiger partial charge in [0.05, 0.1) is 6.10 Å². The van der Waals surface area contributed by atoms with Crippen LogP contribution in [0.4, 0.5) is 0 Å². The standard InChI is InChI=1S/C11H22O.C7H12O.C4H8O.C4H9.CH4.Li/c1-5-7-8-10(12)11(3,4)9-6-2;1-4-5-7(2,3)6-8;1-2-4-5-3-1;1-3-4-2;;/h6,10,12H,2,5,7-9H2,1,3-4H3;4,6H,1,5H2,2-3H3;1-4H2;1,3-4H2,2H3;1H4;/q;;;-1;;+1. The van der Waals surface area contributed by atoms with Crippen LogP contribution in [0.2, 0.25) is 0 Å². The Morgan fingerprint density at radius 2 is 1.48 bits per heavy atom. The molecule has 1 aliphatic rings. The molecule has 1 atom stereocenters. The Morgan fingerprint density at radius 3 is 1.71 bits per heavy atom. The number of aliphatic hydroxyl groups excluding tert-OH is 1. The van der Waals surface area contributed by atoms with Crippen LogP contribution in [0.15, 0.2) is 25.3 Å². The van der Waals surface area contributed by atoms with E-state index in [1.54, 1.807) is 6.08 Å². The van der Waals surface area contributed by atoms with Crippen molar-refractivity contribution in [3.63, 3.8) is 0 Å². The number of unbranched alkanes of at least 4 members (excludes halogenated alkanes) is 2. The summed E-state index contributed by atoms with van der Waals surface area (Å²) in [5.41, 5.74) is -0.210. The summed E-state index contributed by atoms with van der Waals surface area (Å²) in [7, 11) is 0. The quantitative estimate of drug-likeness (QED) is 0.228. The van der Waals surface area contributed by atoms with Crippen LogP contribution >= 0.6 is 0 Å². The maximum Gasteiger partial charge on any atom is 1.00 e. The zero-order valence-corrected chi connectivity index (χ0v) is 21.5. The van der Waals surface area contributed by atoms with Crippen LogP contribution in [0.3, 0.4) is 0 Å². The van der Waals surface area contributed by atoms with E-state index in [4.69, 9.17) is 4.74 Å². The van der Waals surface area contributed by atoms with E-state index < -0.39 is 0 Å². The Labute approximate surface area is 208 Å². The van der Waals surface area contributed by atoms with Crippen molar-refractivity contribution in [1.82, 2.24) is 0 Å². The van der Waals surface area contributed by atoms with Gasteiger partial charge in [0.15, 0.2) is 0 Å². The van der Waals surface area contributed by atoms with Crippen LogP contribution in [0.1, 0.15) is 107 Å². The van der Waals surface area contributed by atoms with Gasteiger partial charge in [-0.15, -0.1) is 13.2 Å². The average Bonchev–Trinajstić information content (AvgIpc) is 3.27. The Hall–Kier alpha value is -0.333. The van der Waals surface area contributed by atoms with Crippen molar-refractivity contribution in [3.05, 3.63) is 32.2 Å². The maximum atomic E-state index is 10.2. The van der Waals surface area contributed by atoms with Crippen LogP contribution < -0.4 is 18.9 Å². The smallest absolute Gasteiger partial charge is 0.393 e. The minimum absolute atomic E-state index is 0. The molecule has 0 radical (unpaired) electrons. The SMILES string of the molecule is C.C1CCOC1.C=CCC(C)(C)C(O)CCCC.C=CCC(C)(C)C=O.[CH2-]CCC.[Li+]. The number of aldehydes is 1. The molecule has 1 heterocycles. The molecule has 4 heteroatoms. The van der Waals surface area contributed by atoms with E-state index >= 15 is 0 Å². The third-order valence-corrected chi connectivity index (χ3v) is 4.57. The molecule has 1 N–H and O–H groups in total. The van der Waals surface area contributed by atoms with Crippen molar-refractivity contribution < 1.29 is 33.5 Å². The summed E-state index contributed by atoms with van der Waals surface area (Å²) in [5.74, 6) is 0. The van der Waals surface area contributed by atoms with Crippen molar-refractivity contribution in [2.75, 3.05) is 13.2 Å². The first-order valence-corrected chi connectivity index (χ1v) is 11.3. The molecule has 0 spiro atoms. The van der Waals surface area contributed by atoms with Crippen molar-refractivity contribution in [1.29, 1.82) is 0 Å². The molecule has 3 nitrogen and oxygen atoms in total. The van der Waals surface area contributed by atoms with E-state index in [9.17, 15) is 9.90 Å². The normalized spacial score (nSPS) is 13.2. The zero-order valence-electron chi connectivity index (χ0n) is 21.5. The summed E-state index contributed by atoms with van der Waals surface area (Å²) < 4.78 is 4.94. The van der Waals surface area contributed by atoms with Crippen LogP contribution in [0, 0.1) is 17.8 Å². The summed E-state index contributed by atoms with van der Waals surface area (Å²) >= 11 is 0. The second-order valence-electron chi connectivity index (χ2n) is 8.91. The minimum Gasteiger partial charge on any atom is -0.393 e. The van der Waals surface area contributed by atoms with Gasteiger partial charge in [-0.05, 0) is 37.5 Å². The van der Waals surface area contributed by atoms with Gasteiger partial charge in [0.25, 0.3) is 0 Å². The van der Waals surface area contributed by atoms with Crippen LogP contribution in [-0.2, 0) is 9.53 Å². The molecule has 31 heavy (non-hydrogen) atoms. The van der Waals surface area contributed by atoms with E-state index in [-0.39, 0.29) is 43.2 Å². The first kappa shape index (κ1) is 41.0. The second kappa shape index (κ2) is 27.7. The van der Waals surface area contributed by atoms with Crippen molar-refractivity contribution in [3.8, 4) is 0 Å². The van der Waals surface area contributed by atoms with Gasteiger partial charge in [0, 0.05) is 18.6 Å². The van der Waals surface area contributed by atoms with Gasteiger partial charge in [0.2, 0.25) is 0 Å². The Balaban J connectivity index is -0.000000103. The summed E-state index contributed by atoms with van der Waals surface area (Å²) in [6, 6.07) is 0. The number of hydrogen-bond acceptors (Lipinski definition) is 3. The zero-order chi connectivity index (χ0) is 23.2. The Kier molecular flexibility index (Phi) is 36.6. The number of carbonyl (C=O) groups excluding carboxylic acids is 1. The first-order chi connectivity index (χ1) is 13.6. The predicted molar refractivity (Wildman–Crippen MR) is 136 cm³/mol. The minimum atomic E-state index is -0.207. The largest absolute Gasteiger partial charge is 1.00 e. The van der Waals surface area contributed by atoms with Crippen LogP contribution in [0.25, 0.3) is 0 Å². The van der Waals surface area contributed by atoms with Gasteiger partial charge in [-0.1, -0.05) is 80.4 Å². The summed E-state index contributed by atoms with van der Waals surface area (Å²) in [6.07, 6.45) is 14.1. The Morgan fingerprint density at radius 1 is 1.03 bits per heavy atom. The van der Waals surface area contributed by atoms with Gasteiger partial charge in [-0.3, -0.25) is 0 Å². The van der Waals surface area contributed by atoms with Crippen molar-refractivity contribution in [2.24, 2.45) is 10.8 Å². The first-order valence-electron chi connectivity index (χ1n) is 11.3. The third-order valence-electron chi connectivity index (χ3n) is 4.57. The molecule has 182 valence electrons. The molecule has 0 aliphatic carbocycles. The van der Waals surface area contributed by atoms with E-state index in [2.05, 4.69) is 47.8 Å². The number of allylic oxidation sites excluding steroid dienone is 2. The fourth-order valence-corrected chi connectivity index (χ4v) is 2.23. The van der Waals surface area contributed by atoms with Gasteiger partial charge < -0.3 is 21.6 Å². The van der Waals surface area contributed by atoms with Crippen molar-refractivity contribution >= 4 is 6.29 Å². The number of hydrogen-bond donors (Lipinski definition) is 1. The number of ether oxygens (including phenoxy) is 1. The van der Waals surface area contributed by atoms with Crippen LogP contribution in [0.5, 0.6) is 0 Å². The third kappa shape index (κ3) is 31.9. The summed E-state index contributed by atoms with van der Waals surface area (Å²) in [4.78, 5) is 10.2. The molecular weight excluding hydrogens is 379 g/mol. The topological polar surface area (TPSA) is 46.5 Å². The molecule has 0 amide bonds. The molecule has 1 aliphatic heterocycles. The molecule has 1 rings (SSSR count). The maximum absolute atomic E-state index is 10.2. The molecule has 1 unspecified atom stereocenters. The predicted octanol–water partition coefficient (Wildman–Crippen LogP) is 4.98. The van der Waals surface area contributed by atoms with Gasteiger partial charge in [-0.2, -0.15) is 6.42 Å². The molecular formula is C27H55LiO3. The fraction of sp³-hybridized carbons (Fsp3) is 0.778. The number of carbonyl (C=O) groups is 1. The van der Waals surface area contributed by atoms with Gasteiger partial charge in [-0.25, -0.2) is 0 Å². The van der Waals surface area contributed by atoms with Crippen LogP contribution in [-0.4, -0.2) is 30.7 Å². The molecule has 0 aromatic rings. The average molecular weight is 435 g/mol. The molecule has 1 fully saturated rings. The van der Waals surface area contributed by atoms with Crippen molar-refractivity contribution in [2.45, 2.75) is 113 Å². The van der Waals surface area contributed by atoms with E-state index in [1.807, 2.05) is 19.9 Å². The summed E-state index contributed by atoms with van der Waals surface area (Å²) in [6.45, 7) is 25.1. The molecule has 0 saturated carbocycles.